The summed E-state index contributed by atoms with van der Waals surface area (Å²) in [7, 11) is 0. The number of halogens is 1. The van der Waals surface area contributed by atoms with E-state index in [2.05, 4.69) is 45.4 Å². The van der Waals surface area contributed by atoms with Crippen molar-refractivity contribution in [2.75, 3.05) is 25.4 Å². The first-order valence-electron chi connectivity index (χ1n) is 7.41. The van der Waals surface area contributed by atoms with Crippen molar-refractivity contribution in [3.8, 4) is 0 Å². The number of nitrogens with zero attached hydrogens (tertiary/aromatic N) is 2. The average Bonchev–Trinajstić information content (AvgIpc) is 2.99. The summed E-state index contributed by atoms with van der Waals surface area (Å²) in [6.45, 7) is 4.81. The molecule has 1 atom stereocenters. The molecule has 0 aromatic carbocycles. The second-order valence-electron chi connectivity index (χ2n) is 4.89. The van der Waals surface area contributed by atoms with E-state index in [-0.39, 0.29) is 24.0 Å². The molecular formula is C15H25IN4S. The Kier molecular flexibility index (Phi) is 9.82. The van der Waals surface area contributed by atoms with Crippen LogP contribution in [0, 0.1) is 0 Å². The summed E-state index contributed by atoms with van der Waals surface area (Å²) in [6, 6.07) is 4.08. The molecule has 0 radical (unpaired) electrons. The SMILES string of the molecule is CCNC(=NCC1CCCS1)NCCc1cccnc1.I. The third-order valence-corrected chi connectivity index (χ3v) is 4.63. The van der Waals surface area contributed by atoms with Gasteiger partial charge in [-0.2, -0.15) is 11.8 Å². The lowest BCUT2D eigenvalue weighted by Gasteiger charge is -2.12. The highest BCUT2D eigenvalue weighted by atomic mass is 127. The summed E-state index contributed by atoms with van der Waals surface area (Å²) in [5.74, 6) is 2.23. The van der Waals surface area contributed by atoms with Crippen molar-refractivity contribution >= 4 is 41.7 Å². The van der Waals surface area contributed by atoms with Gasteiger partial charge in [-0.1, -0.05) is 6.07 Å². The standard InChI is InChI=1S/C15H24N4S.HI/c1-2-17-15(19-12-14-6-4-10-20-14)18-9-7-13-5-3-8-16-11-13;/h3,5,8,11,14H,2,4,6-7,9-10,12H2,1H3,(H2,17,18,19);1H. The number of guanidine groups is 1. The van der Waals surface area contributed by atoms with Crippen molar-refractivity contribution in [2.45, 2.75) is 31.4 Å². The quantitative estimate of drug-likeness (QED) is 0.422. The smallest absolute Gasteiger partial charge is 0.191 e. The Balaban J connectivity index is 0.00000220. The molecule has 1 fully saturated rings. The zero-order chi connectivity index (χ0) is 14.0. The Hall–Kier alpha value is -0.500. The Morgan fingerprint density at radius 3 is 3.05 bits per heavy atom. The molecule has 1 aromatic heterocycles. The Morgan fingerprint density at radius 2 is 2.38 bits per heavy atom. The first-order valence-corrected chi connectivity index (χ1v) is 8.46. The molecule has 1 saturated heterocycles. The van der Waals surface area contributed by atoms with Gasteiger partial charge in [0.25, 0.3) is 0 Å². The van der Waals surface area contributed by atoms with Crippen LogP contribution < -0.4 is 10.6 Å². The van der Waals surface area contributed by atoms with Crippen LogP contribution in [0.1, 0.15) is 25.3 Å². The van der Waals surface area contributed by atoms with Gasteiger partial charge in [-0.3, -0.25) is 9.98 Å². The summed E-state index contributed by atoms with van der Waals surface area (Å²) in [5, 5.41) is 7.41. The van der Waals surface area contributed by atoms with Gasteiger partial charge in [0.1, 0.15) is 0 Å². The van der Waals surface area contributed by atoms with E-state index in [1.54, 1.807) is 0 Å². The number of hydrogen-bond donors (Lipinski definition) is 2. The van der Waals surface area contributed by atoms with Crippen LogP contribution in [0.5, 0.6) is 0 Å². The summed E-state index contributed by atoms with van der Waals surface area (Å²) >= 11 is 2.05. The number of aromatic nitrogens is 1. The van der Waals surface area contributed by atoms with Gasteiger partial charge < -0.3 is 10.6 Å². The van der Waals surface area contributed by atoms with E-state index >= 15 is 0 Å². The first kappa shape index (κ1) is 18.5. The second kappa shape index (κ2) is 11.1. The van der Waals surface area contributed by atoms with Crippen molar-refractivity contribution < 1.29 is 0 Å². The molecule has 1 aromatic rings. The van der Waals surface area contributed by atoms with Crippen LogP contribution in [-0.2, 0) is 6.42 Å². The molecule has 0 amide bonds. The molecule has 2 rings (SSSR count). The summed E-state index contributed by atoms with van der Waals surface area (Å²) < 4.78 is 0. The molecule has 4 nitrogen and oxygen atoms in total. The van der Waals surface area contributed by atoms with E-state index in [0.29, 0.717) is 5.25 Å². The van der Waals surface area contributed by atoms with Crippen LogP contribution in [0.4, 0.5) is 0 Å². The minimum Gasteiger partial charge on any atom is -0.357 e. The van der Waals surface area contributed by atoms with E-state index in [1.165, 1.54) is 24.2 Å². The van der Waals surface area contributed by atoms with Gasteiger partial charge in [0.05, 0.1) is 6.54 Å². The Morgan fingerprint density at radius 1 is 1.48 bits per heavy atom. The highest BCUT2D eigenvalue weighted by molar-refractivity contribution is 14.0. The number of thioether (sulfide) groups is 1. The molecule has 0 bridgehead atoms. The van der Waals surface area contributed by atoms with Crippen LogP contribution in [0.25, 0.3) is 0 Å². The Bertz CT molecular complexity index is 407. The van der Waals surface area contributed by atoms with Crippen LogP contribution >= 0.6 is 35.7 Å². The number of rotatable bonds is 6. The van der Waals surface area contributed by atoms with Gasteiger partial charge in [-0.15, -0.1) is 24.0 Å². The topological polar surface area (TPSA) is 49.3 Å². The molecule has 118 valence electrons. The fourth-order valence-electron chi connectivity index (χ4n) is 2.19. The lowest BCUT2D eigenvalue weighted by atomic mass is 10.2. The predicted octanol–water partition coefficient (Wildman–Crippen LogP) is 2.69. The maximum absolute atomic E-state index is 4.68. The van der Waals surface area contributed by atoms with Gasteiger partial charge >= 0.3 is 0 Å². The van der Waals surface area contributed by atoms with Crippen molar-refractivity contribution in [3.05, 3.63) is 30.1 Å². The van der Waals surface area contributed by atoms with E-state index in [0.717, 1.165) is 32.0 Å². The van der Waals surface area contributed by atoms with E-state index < -0.39 is 0 Å². The fraction of sp³-hybridized carbons (Fsp3) is 0.600. The number of hydrogen-bond acceptors (Lipinski definition) is 3. The van der Waals surface area contributed by atoms with Crippen molar-refractivity contribution in [1.29, 1.82) is 0 Å². The van der Waals surface area contributed by atoms with Gasteiger partial charge in [0.2, 0.25) is 0 Å². The highest BCUT2D eigenvalue weighted by Crippen LogP contribution is 2.25. The van der Waals surface area contributed by atoms with E-state index in [9.17, 15) is 0 Å². The zero-order valence-corrected chi connectivity index (χ0v) is 15.7. The molecule has 2 N–H and O–H groups in total. The molecule has 21 heavy (non-hydrogen) atoms. The van der Waals surface area contributed by atoms with E-state index in [1.807, 2.05) is 18.5 Å². The van der Waals surface area contributed by atoms with Gasteiger partial charge in [-0.25, -0.2) is 0 Å². The Labute approximate surface area is 149 Å². The molecule has 0 spiro atoms. The third-order valence-electron chi connectivity index (χ3n) is 3.25. The van der Waals surface area contributed by atoms with Crippen LogP contribution in [0.2, 0.25) is 0 Å². The largest absolute Gasteiger partial charge is 0.357 e. The predicted molar refractivity (Wildman–Crippen MR) is 103 cm³/mol. The summed E-state index contributed by atoms with van der Waals surface area (Å²) in [6.07, 6.45) is 7.35. The van der Waals surface area contributed by atoms with Gasteiger partial charge in [-0.05, 0) is 43.6 Å². The normalized spacial score (nSPS) is 18.1. The van der Waals surface area contributed by atoms with Crippen molar-refractivity contribution in [1.82, 2.24) is 15.6 Å². The van der Waals surface area contributed by atoms with Crippen LogP contribution in [0.3, 0.4) is 0 Å². The molecule has 1 aliphatic heterocycles. The second-order valence-corrected chi connectivity index (χ2v) is 6.30. The van der Waals surface area contributed by atoms with Crippen LogP contribution in [-0.4, -0.2) is 41.6 Å². The fourth-order valence-corrected chi connectivity index (χ4v) is 3.37. The van der Waals surface area contributed by atoms with Crippen molar-refractivity contribution in [3.63, 3.8) is 0 Å². The lowest BCUT2D eigenvalue weighted by Crippen LogP contribution is -2.38. The third kappa shape index (κ3) is 7.35. The molecule has 6 heteroatoms. The zero-order valence-electron chi connectivity index (χ0n) is 12.5. The lowest BCUT2D eigenvalue weighted by molar-refractivity contribution is 0.760. The molecule has 1 aliphatic rings. The highest BCUT2D eigenvalue weighted by Gasteiger charge is 2.14. The van der Waals surface area contributed by atoms with Gasteiger partial charge in [0, 0.05) is 30.7 Å². The van der Waals surface area contributed by atoms with Gasteiger partial charge in [0.15, 0.2) is 5.96 Å². The molecule has 0 aliphatic carbocycles. The maximum atomic E-state index is 4.68. The monoisotopic (exact) mass is 420 g/mol. The first-order chi connectivity index (χ1) is 9.88. The minimum atomic E-state index is 0. The number of nitrogens with one attached hydrogen (secondary N) is 2. The molecule has 1 unspecified atom stereocenters. The van der Waals surface area contributed by atoms with E-state index in [4.69, 9.17) is 0 Å². The molecule has 2 heterocycles. The average molecular weight is 420 g/mol. The molecule has 0 saturated carbocycles. The summed E-state index contributed by atoms with van der Waals surface area (Å²) in [5.41, 5.74) is 1.25. The summed E-state index contributed by atoms with van der Waals surface area (Å²) in [4.78, 5) is 8.82. The number of aliphatic imine (C=N–C) groups is 1. The number of pyridine rings is 1. The maximum Gasteiger partial charge on any atom is 0.191 e. The van der Waals surface area contributed by atoms with Crippen molar-refractivity contribution in [2.24, 2.45) is 4.99 Å². The molecular weight excluding hydrogens is 395 g/mol. The van der Waals surface area contributed by atoms with Crippen LogP contribution in [0.15, 0.2) is 29.5 Å². The minimum absolute atomic E-state index is 0.